The zero-order valence-corrected chi connectivity index (χ0v) is 22.0. The van der Waals surface area contributed by atoms with Crippen molar-refractivity contribution in [3.8, 4) is 0 Å². The third kappa shape index (κ3) is 8.33. The second-order valence-corrected chi connectivity index (χ2v) is 8.25. The van der Waals surface area contributed by atoms with Gasteiger partial charge in [-0.1, -0.05) is 54.7 Å². The summed E-state index contributed by atoms with van der Waals surface area (Å²) in [5.41, 5.74) is 3.76. The Hall–Kier alpha value is -1.80. The minimum atomic E-state index is 0.741. The molecule has 0 bridgehead atoms. The SMILES string of the molecule is CCc1ccc(C(=N\N=C(/SC)N(CC)CC)/C(C)=N/N=C(\SC)N(CC)CC)cc1. The summed E-state index contributed by atoms with van der Waals surface area (Å²) in [6, 6.07) is 8.44. The molecule has 172 valence electrons. The van der Waals surface area contributed by atoms with Gasteiger partial charge in [-0.2, -0.15) is 5.10 Å². The highest BCUT2D eigenvalue weighted by Gasteiger charge is 2.12. The van der Waals surface area contributed by atoms with Crippen molar-refractivity contribution in [3.05, 3.63) is 35.4 Å². The third-order valence-electron chi connectivity index (χ3n) is 4.93. The highest BCUT2D eigenvalue weighted by atomic mass is 32.2. The number of amidine groups is 2. The Morgan fingerprint density at radius 3 is 1.55 bits per heavy atom. The van der Waals surface area contributed by atoms with E-state index in [9.17, 15) is 0 Å². The van der Waals surface area contributed by atoms with Crippen LogP contribution in [-0.4, -0.2) is 70.2 Å². The van der Waals surface area contributed by atoms with Crippen LogP contribution in [0.25, 0.3) is 0 Å². The molecule has 0 amide bonds. The van der Waals surface area contributed by atoms with E-state index in [0.717, 1.165) is 59.9 Å². The summed E-state index contributed by atoms with van der Waals surface area (Å²) in [7, 11) is 0. The Balaban J connectivity index is 3.47. The normalized spacial score (nSPS) is 13.5. The second kappa shape index (κ2) is 15.1. The van der Waals surface area contributed by atoms with Crippen LogP contribution in [0.15, 0.2) is 44.7 Å². The van der Waals surface area contributed by atoms with Gasteiger partial charge in [0.2, 0.25) is 0 Å². The van der Waals surface area contributed by atoms with Gasteiger partial charge in [0.1, 0.15) is 5.71 Å². The maximum atomic E-state index is 4.65. The molecule has 0 aliphatic carbocycles. The van der Waals surface area contributed by atoms with Crippen molar-refractivity contribution in [2.75, 3.05) is 38.7 Å². The van der Waals surface area contributed by atoms with Gasteiger partial charge >= 0.3 is 0 Å². The highest BCUT2D eigenvalue weighted by Crippen LogP contribution is 2.12. The van der Waals surface area contributed by atoms with E-state index in [1.165, 1.54) is 5.56 Å². The van der Waals surface area contributed by atoms with Gasteiger partial charge in [-0.05, 0) is 59.1 Å². The number of rotatable bonds is 9. The van der Waals surface area contributed by atoms with Crippen LogP contribution in [0.3, 0.4) is 0 Å². The fraction of sp³-hybridized carbons (Fsp3) is 0.565. The molecule has 0 unspecified atom stereocenters. The van der Waals surface area contributed by atoms with Gasteiger partial charge in [-0.25, -0.2) is 0 Å². The van der Waals surface area contributed by atoms with Crippen molar-refractivity contribution >= 4 is 45.3 Å². The first-order chi connectivity index (χ1) is 15.0. The zero-order chi connectivity index (χ0) is 23.2. The van der Waals surface area contributed by atoms with Crippen LogP contribution in [0.4, 0.5) is 0 Å². The fourth-order valence-electron chi connectivity index (χ4n) is 2.95. The Morgan fingerprint density at radius 2 is 1.16 bits per heavy atom. The highest BCUT2D eigenvalue weighted by molar-refractivity contribution is 8.13. The molecule has 0 spiro atoms. The number of aryl methyl sites for hydroxylation is 1. The molecule has 0 heterocycles. The molecule has 1 aromatic carbocycles. The zero-order valence-electron chi connectivity index (χ0n) is 20.3. The number of benzene rings is 1. The van der Waals surface area contributed by atoms with Crippen molar-refractivity contribution in [2.24, 2.45) is 20.4 Å². The molecule has 1 aromatic rings. The summed E-state index contributed by atoms with van der Waals surface area (Å²) < 4.78 is 0. The molecule has 8 heteroatoms. The molecular weight excluding hydrogens is 424 g/mol. The van der Waals surface area contributed by atoms with Crippen LogP contribution in [0.2, 0.25) is 0 Å². The summed E-state index contributed by atoms with van der Waals surface area (Å²) in [6.07, 6.45) is 5.06. The van der Waals surface area contributed by atoms with E-state index in [0.29, 0.717) is 0 Å². The summed E-state index contributed by atoms with van der Waals surface area (Å²) in [5, 5.41) is 20.1. The van der Waals surface area contributed by atoms with Gasteiger partial charge in [0, 0.05) is 31.7 Å². The van der Waals surface area contributed by atoms with Crippen molar-refractivity contribution in [3.63, 3.8) is 0 Å². The second-order valence-electron chi connectivity index (χ2n) is 6.70. The van der Waals surface area contributed by atoms with Crippen molar-refractivity contribution < 1.29 is 0 Å². The smallest absolute Gasteiger partial charge is 0.185 e. The summed E-state index contributed by atoms with van der Waals surface area (Å²) in [6.45, 7) is 16.2. The molecule has 0 aliphatic heterocycles. The van der Waals surface area contributed by atoms with E-state index in [2.05, 4.69) is 89.1 Å². The average Bonchev–Trinajstić information content (AvgIpc) is 2.81. The summed E-state index contributed by atoms with van der Waals surface area (Å²) in [5.74, 6) is 0. The first-order valence-corrected chi connectivity index (χ1v) is 13.4. The van der Waals surface area contributed by atoms with Crippen molar-refractivity contribution in [1.29, 1.82) is 0 Å². The van der Waals surface area contributed by atoms with Gasteiger partial charge in [0.05, 0.1) is 5.71 Å². The average molecular weight is 463 g/mol. The first kappa shape index (κ1) is 27.2. The minimum Gasteiger partial charge on any atom is -0.350 e. The lowest BCUT2D eigenvalue weighted by atomic mass is 10.0. The lowest BCUT2D eigenvalue weighted by Crippen LogP contribution is -2.28. The Kier molecular flexibility index (Phi) is 13.2. The van der Waals surface area contributed by atoms with E-state index in [4.69, 9.17) is 0 Å². The predicted molar refractivity (Wildman–Crippen MR) is 143 cm³/mol. The molecule has 0 aromatic heterocycles. The molecule has 0 aliphatic rings. The Morgan fingerprint density at radius 1 is 0.710 bits per heavy atom. The monoisotopic (exact) mass is 462 g/mol. The van der Waals surface area contributed by atoms with Crippen LogP contribution in [-0.2, 0) is 6.42 Å². The van der Waals surface area contributed by atoms with Crippen LogP contribution in [0, 0.1) is 0 Å². The van der Waals surface area contributed by atoms with Gasteiger partial charge < -0.3 is 9.80 Å². The molecule has 0 saturated heterocycles. The standard InChI is InChI=1S/C23H38N6S2/c1-9-19-14-16-20(17-15-19)21(25-27-23(31-8)29(12-4)13-5)18(6)24-26-22(30-7)28(10-2)11-3/h14-17H,9-13H2,1-8H3/b24-18+,25-21-,26-22-,27-23-. The molecule has 0 saturated carbocycles. The van der Waals surface area contributed by atoms with Crippen LogP contribution >= 0.6 is 23.5 Å². The van der Waals surface area contributed by atoms with E-state index >= 15 is 0 Å². The van der Waals surface area contributed by atoms with Crippen LogP contribution in [0.1, 0.15) is 52.7 Å². The lowest BCUT2D eigenvalue weighted by Gasteiger charge is -2.20. The van der Waals surface area contributed by atoms with E-state index in [-0.39, 0.29) is 0 Å². The summed E-state index contributed by atoms with van der Waals surface area (Å²) in [4.78, 5) is 4.39. The quantitative estimate of drug-likeness (QED) is 0.278. The van der Waals surface area contributed by atoms with Gasteiger partial charge in [0.15, 0.2) is 10.3 Å². The van der Waals surface area contributed by atoms with Crippen LogP contribution < -0.4 is 0 Å². The summed E-state index contributed by atoms with van der Waals surface area (Å²) >= 11 is 3.21. The molecule has 31 heavy (non-hydrogen) atoms. The number of hydrogen-bond donors (Lipinski definition) is 0. The Labute approximate surface area is 197 Å². The van der Waals surface area contributed by atoms with Gasteiger partial charge in [0.25, 0.3) is 0 Å². The van der Waals surface area contributed by atoms with Crippen LogP contribution in [0.5, 0.6) is 0 Å². The van der Waals surface area contributed by atoms with Gasteiger partial charge in [-0.3, -0.25) is 0 Å². The molecule has 0 atom stereocenters. The molecule has 0 N–H and O–H groups in total. The maximum Gasteiger partial charge on any atom is 0.185 e. The van der Waals surface area contributed by atoms with Gasteiger partial charge in [-0.15, -0.1) is 15.3 Å². The largest absolute Gasteiger partial charge is 0.350 e. The molecule has 0 radical (unpaired) electrons. The lowest BCUT2D eigenvalue weighted by molar-refractivity contribution is 0.473. The number of nitrogens with zero attached hydrogens (tertiary/aromatic N) is 6. The van der Waals surface area contributed by atoms with E-state index < -0.39 is 0 Å². The molecule has 0 fully saturated rings. The molecule has 1 rings (SSSR count). The number of hydrogen-bond acceptors (Lipinski definition) is 6. The van der Waals surface area contributed by atoms with Crippen molar-refractivity contribution in [1.82, 2.24) is 9.80 Å². The minimum absolute atomic E-state index is 0.741. The third-order valence-corrected chi connectivity index (χ3v) is 6.34. The maximum absolute atomic E-state index is 4.65. The predicted octanol–water partition coefficient (Wildman–Crippen LogP) is 5.45. The Bertz CT molecular complexity index is 776. The molecular formula is C23H38N6S2. The van der Waals surface area contributed by atoms with E-state index in [1.54, 1.807) is 23.5 Å². The van der Waals surface area contributed by atoms with E-state index in [1.807, 2.05) is 19.4 Å². The number of thioether (sulfide) groups is 2. The topological polar surface area (TPSA) is 55.9 Å². The first-order valence-electron chi connectivity index (χ1n) is 10.9. The van der Waals surface area contributed by atoms with Crippen molar-refractivity contribution in [2.45, 2.75) is 48.0 Å². The fourth-order valence-corrected chi connectivity index (χ4v) is 4.23. The molecule has 6 nitrogen and oxygen atoms in total.